The molecule has 3 rings (SSSR count). The zero-order chi connectivity index (χ0) is 18.1. The van der Waals surface area contributed by atoms with Gasteiger partial charge in [0.1, 0.15) is 0 Å². The fourth-order valence-electron chi connectivity index (χ4n) is 6.14. The van der Waals surface area contributed by atoms with Crippen molar-refractivity contribution in [2.24, 2.45) is 28.6 Å². The summed E-state index contributed by atoms with van der Waals surface area (Å²) in [5, 5.41) is 10.00. The number of ether oxygens (including phenoxy) is 1. The Kier molecular flexibility index (Phi) is 5.29. The van der Waals surface area contributed by atoms with Gasteiger partial charge < -0.3 is 14.3 Å². The van der Waals surface area contributed by atoms with Crippen LogP contribution in [0.1, 0.15) is 57.9 Å². The van der Waals surface area contributed by atoms with Crippen molar-refractivity contribution < 1.29 is 19.1 Å². The minimum absolute atomic E-state index is 0.0561. The quantitative estimate of drug-likeness (QED) is 0.810. The zero-order valence-corrected chi connectivity index (χ0v) is 15.8. The lowest BCUT2D eigenvalue weighted by atomic mass is 9.45. The maximum absolute atomic E-state index is 12.6. The number of aryl methyl sites for hydroxylation is 1. The van der Waals surface area contributed by atoms with Crippen LogP contribution < -0.4 is 0 Å². The number of aliphatic hydroxyl groups is 1. The molecule has 5 atom stereocenters. The molecule has 4 heteroatoms. The van der Waals surface area contributed by atoms with Gasteiger partial charge in [-0.25, -0.2) is 0 Å². The Morgan fingerprint density at radius 2 is 2.16 bits per heavy atom. The maximum Gasteiger partial charge on any atom is 0.311 e. The van der Waals surface area contributed by atoms with Gasteiger partial charge in [-0.2, -0.15) is 0 Å². The highest BCUT2D eigenvalue weighted by molar-refractivity contribution is 5.77. The Morgan fingerprint density at radius 3 is 2.80 bits per heavy atom. The summed E-state index contributed by atoms with van der Waals surface area (Å²) >= 11 is 0. The molecule has 2 saturated carbocycles. The lowest BCUT2D eigenvalue weighted by Crippen LogP contribution is -2.55. The maximum atomic E-state index is 12.6. The second kappa shape index (κ2) is 7.14. The fourth-order valence-corrected chi connectivity index (χ4v) is 6.14. The van der Waals surface area contributed by atoms with Gasteiger partial charge in [-0.3, -0.25) is 4.79 Å². The third kappa shape index (κ3) is 3.14. The van der Waals surface area contributed by atoms with Crippen molar-refractivity contribution >= 4 is 5.97 Å². The molecule has 0 saturated heterocycles. The number of carbonyl (C=O) groups excluding carboxylic acids is 1. The SMILES string of the molecule is COC(=O)[C@@]1(C)CCC[C@@]2(C)[C@H]1CC[C@@H](CO)[C@@H]2CCc1ccoc1. The number of methoxy groups -OCH3 is 1. The van der Waals surface area contributed by atoms with Crippen LogP contribution in [-0.2, 0) is 16.0 Å². The third-order valence-electron chi connectivity index (χ3n) is 7.43. The number of hydrogen-bond donors (Lipinski definition) is 1. The number of esters is 1. The highest BCUT2D eigenvalue weighted by atomic mass is 16.5. The van der Waals surface area contributed by atoms with Crippen molar-refractivity contribution in [2.45, 2.75) is 58.8 Å². The van der Waals surface area contributed by atoms with Gasteiger partial charge in [0.05, 0.1) is 25.1 Å². The molecule has 0 aromatic carbocycles. The first-order valence-electron chi connectivity index (χ1n) is 9.66. The van der Waals surface area contributed by atoms with E-state index in [1.165, 1.54) is 12.7 Å². The van der Waals surface area contributed by atoms with Gasteiger partial charge in [0.2, 0.25) is 0 Å². The molecule has 2 aliphatic carbocycles. The van der Waals surface area contributed by atoms with Gasteiger partial charge in [0.15, 0.2) is 0 Å². The molecule has 25 heavy (non-hydrogen) atoms. The summed E-state index contributed by atoms with van der Waals surface area (Å²) in [6.07, 6.45) is 10.7. The molecule has 0 unspecified atom stereocenters. The second-order valence-electron chi connectivity index (χ2n) is 8.62. The normalized spacial score (nSPS) is 38.2. The van der Waals surface area contributed by atoms with E-state index in [2.05, 4.69) is 13.8 Å². The first-order chi connectivity index (χ1) is 12.0. The van der Waals surface area contributed by atoms with Gasteiger partial charge in [0.25, 0.3) is 0 Å². The molecule has 0 spiro atoms. The Hall–Kier alpha value is -1.29. The molecule has 0 aliphatic heterocycles. The molecule has 1 heterocycles. The van der Waals surface area contributed by atoms with Crippen LogP contribution in [-0.4, -0.2) is 24.8 Å². The molecule has 0 amide bonds. The van der Waals surface area contributed by atoms with Crippen LogP contribution in [0, 0.1) is 28.6 Å². The van der Waals surface area contributed by atoms with Crippen LogP contribution in [0.25, 0.3) is 0 Å². The lowest BCUT2D eigenvalue weighted by molar-refractivity contribution is -0.174. The van der Waals surface area contributed by atoms with E-state index < -0.39 is 5.41 Å². The predicted octanol–water partition coefficient (Wildman–Crippen LogP) is 4.22. The summed E-state index contributed by atoms with van der Waals surface area (Å²) in [7, 11) is 1.51. The van der Waals surface area contributed by atoms with Crippen LogP contribution >= 0.6 is 0 Å². The van der Waals surface area contributed by atoms with E-state index in [0.717, 1.165) is 44.9 Å². The van der Waals surface area contributed by atoms with E-state index in [0.29, 0.717) is 17.8 Å². The van der Waals surface area contributed by atoms with Crippen molar-refractivity contribution in [2.75, 3.05) is 13.7 Å². The molecular weight excluding hydrogens is 316 g/mol. The summed E-state index contributed by atoms with van der Waals surface area (Å²) in [4.78, 5) is 12.6. The van der Waals surface area contributed by atoms with Crippen molar-refractivity contribution in [3.63, 3.8) is 0 Å². The first-order valence-corrected chi connectivity index (χ1v) is 9.66. The van der Waals surface area contributed by atoms with Gasteiger partial charge in [0, 0.05) is 6.61 Å². The van der Waals surface area contributed by atoms with Crippen LogP contribution in [0.4, 0.5) is 0 Å². The van der Waals surface area contributed by atoms with E-state index in [1.54, 1.807) is 6.26 Å². The summed E-state index contributed by atoms with van der Waals surface area (Å²) in [5.41, 5.74) is 0.904. The van der Waals surface area contributed by atoms with Crippen molar-refractivity contribution in [3.05, 3.63) is 24.2 Å². The number of carbonyl (C=O) groups is 1. The molecule has 1 aromatic rings. The highest BCUT2D eigenvalue weighted by Gasteiger charge is 2.58. The summed E-state index contributed by atoms with van der Waals surface area (Å²) in [6, 6.07) is 2.02. The van der Waals surface area contributed by atoms with Gasteiger partial charge in [-0.1, -0.05) is 13.3 Å². The lowest BCUT2D eigenvalue weighted by Gasteiger charge is -2.59. The molecule has 2 aliphatic rings. The van der Waals surface area contributed by atoms with Gasteiger partial charge in [-0.15, -0.1) is 0 Å². The molecule has 1 N–H and O–H groups in total. The first kappa shape index (κ1) is 18.5. The van der Waals surface area contributed by atoms with Gasteiger partial charge >= 0.3 is 5.97 Å². The van der Waals surface area contributed by atoms with Crippen LogP contribution in [0.5, 0.6) is 0 Å². The second-order valence-corrected chi connectivity index (χ2v) is 8.62. The van der Waals surface area contributed by atoms with E-state index in [4.69, 9.17) is 9.15 Å². The smallest absolute Gasteiger partial charge is 0.311 e. The molecule has 0 radical (unpaired) electrons. The molecular formula is C21H32O4. The highest BCUT2D eigenvalue weighted by Crippen LogP contribution is 2.62. The number of rotatable bonds is 5. The van der Waals surface area contributed by atoms with Crippen molar-refractivity contribution in [1.29, 1.82) is 0 Å². The number of aliphatic hydroxyl groups excluding tert-OH is 1. The predicted molar refractivity (Wildman–Crippen MR) is 95.9 cm³/mol. The third-order valence-corrected chi connectivity index (χ3v) is 7.43. The molecule has 140 valence electrons. The standard InChI is InChI=1S/C21H32O4/c1-20-10-4-11-21(2,19(23)24-3)18(20)8-6-16(13-22)17(20)7-5-15-9-12-25-14-15/h9,12,14,16-18,22H,4-8,10-11,13H2,1-3H3/t16-,17-,18+,20+,21-/m0/s1. The number of hydrogen-bond acceptors (Lipinski definition) is 4. The summed E-state index contributed by atoms with van der Waals surface area (Å²) < 4.78 is 10.4. The van der Waals surface area contributed by atoms with Crippen LogP contribution in [0.2, 0.25) is 0 Å². The Morgan fingerprint density at radius 1 is 1.36 bits per heavy atom. The minimum atomic E-state index is -0.393. The molecule has 2 fully saturated rings. The van der Waals surface area contributed by atoms with Gasteiger partial charge in [-0.05, 0) is 80.2 Å². The van der Waals surface area contributed by atoms with Crippen LogP contribution in [0.15, 0.2) is 23.0 Å². The average Bonchev–Trinajstić information content (AvgIpc) is 3.12. The fraction of sp³-hybridized carbons (Fsp3) is 0.762. The Labute approximate surface area is 150 Å². The Balaban J connectivity index is 1.87. The molecule has 0 bridgehead atoms. The topological polar surface area (TPSA) is 59.7 Å². The average molecular weight is 348 g/mol. The number of furan rings is 1. The van der Waals surface area contributed by atoms with Crippen LogP contribution in [0.3, 0.4) is 0 Å². The largest absolute Gasteiger partial charge is 0.472 e. The van der Waals surface area contributed by atoms with E-state index in [-0.39, 0.29) is 18.0 Å². The van der Waals surface area contributed by atoms with E-state index in [9.17, 15) is 9.90 Å². The van der Waals surface area contributed by atoms with E-state index in [1.807, 2.05) is 12.3 Å². The summed E-state index contributed by atoms with van der Waals surface area (Å²) in [5.74, 6) is 1.03. The zero-order valence-electron chi connectivity index (χ0n) is 15.8. The Bertz CT molecular complexity index is 581. The molecule has 4 nitrogen and oxygen atoms in total. The van der Waals surface area contributed by atoms with E-state index >= 15 is 0 Å². The summed E-state index contributed by atoms with van der Waals surface area (Å²) in [6.45, 7) is 4.71. The monoisotopic (exact) mass is 348 g/mol. The van der Waals surface area contributed by atoms with Crippen molar-refractivity contribution in [1.82, 2.24) is 0 Å². The van der Waals surface area contributed by atoms with Crippen molar-refractivity contribution in [3.8, 4) is 0 Å². The minimum Gasteiger partial charge on any atom is -0.472 e. The molecule has 1 aromatic heterocycles. The number of fused-ring (bicyclic) bond motifs is 1.